The molecule has 0 radical (unpaired) electrons. The third-order valence-corrected chi connectivity index (χ3v) is 2.88. The molecule has 1 heterocycles. The predicted octanol–water partition coefficient (Wildman–Crippen LogP) is 1.13. The average Bonchev–Trinajstić information content (AvgIpc) is 2.41. The van der Waals surface area contributed by atoms with Gasteiger partial charge >= 0.3 is 0 Å². The van der Waals surface area contributed by atoms with Crippen LogP contribution in [0, 0.1) is 0 Å². The van der Waals surface area contributed by atoms with Gasteiger partial charge in [-0.2, -0.15) is 0 Å². The van der Waals surface area contributed by atoms with Crippen molar-refractivity contribution < 1.29 is 4.79 Å². The maximum Gasteiger partial charge on any atom is 0.221 e. The molecule has 0 aromatic heterocycles. The van der Waals surface area contributed by atoms with Crippen molar-refractivity contribution in [3.8, 4) is 0 Å². The summed E-state index contributed by atoms with van der Waals surface area (Å²) in [5.41, 5.74) is 2.07. The molecule has 5 heteroatoms. The van der Waals surface area contributed by atoms with E-state index in [0.29, 0.717) is 0 Å². The molecule has 1 amide bonds. The van der Waals surface area contributed by atoms with Gasteiger partial charge in [0, 0.05) is 32.2 Å². The van der Waals surface area contributed by atoms with Crippen LogP contribution >= 0.6 is 0 Å². The zero-order valence-corrected chi connectivity index (χ0v) is 11.2. The summed E-state index contributed by atoms with van der Waals surface area (Å²) in [6.45, 7) is 4.26. The fourth-order valence-corrected chi connectivity index (χ4v) is 1.93. The van der Waals surface area contributed by atoms with E-state index in [2.05, 4.69) is 20.9 Å². The van der Waals surface area contributed by atoms with Crippen molar-refractivity contribution in [2.75, 3.05) is 25.0 Å². The Balaban J connectivity index is 1.76. The number of hydrogen-bond donors (Lipinski definition) is 3. The summed E-state index contributed by atoms with van der Waals surface area (Å²) in [7, 11) is 0. The molecule has 5 nitrogen and oxygen atoms in total. The number of carbonyl (C=O) groups is 1. The molecule has 1 aromatic rings. The maximum atomic E-state index is 10.9. The van der Waals surface area contributed by atoms with Crippen LogP contribution < -0.4 is 16.0 Å². The quantitative estimate of drug-likeness (QED) is 0.760. The molecule has 19 heavy (non-hydrogen) atoms. The highest BCUT2D eigenvalue weighted by molar-refractivity contribution is 5.88. The van der Waals surface area contributed by atoms with Crippen LogP contribution in [0.15, 0.2) is 29.3 Å². The summed E-state index contributed by atoms with van der Waals surface area (Å²) >= 11 is 0. The number of guanidine groups is 1. The standard InChI is InChI=1S/C14H20N4O/c1-11(19)18-13-5-3-12(4-6-13)7-10-17-14-15-8-2-9-16-14/h3-6H,2,7-10H2,1H3,(H,18,19)(H2,15,16,17). The Bertz CT molecular complexity index is 453. The van der Waals surface area contributed by atoms with Gasteiger partial charge in [-0.1, -0.05) is 12.1 Å². The largest absolute Gasteiger partial charge is 0.356 e. The van der Waals surface area contributed by atoms with Crippen molar-refractivity contribution in [3.63, 3.8) is 0 Å². The van der Waals surface area contributed by atoms with Gasteiger partial charge < -0.3 is 16.0 Å². The lowest BCUT2D eigenvalue weighted by Gasteiger charge is -2.15. The van der Waals surface area contributed by atoms with E-state index in [9.17, 15) is 4.79 Å². The van der Waals surface area contributed by atoms with Crippen LogP contribution in [0.1, 0.15) is 18.9 Å². The molecule has 1 aliphatic rings. The van der Waals surface area contributed by atoms with Gasteiger partial charge in [0.25, 0.3) is 0 Å². The zero-order valence-electron chi connectivity index (χ0n) is 11.2. The molecular formula is C14H20N4O. The Morgan fingerprint density at radius 3 is 2.79 bits per heavy atom. The van der Waals surface area contributed by atoms with Crippen molar-refractivity contribution >= 4 is 17.6 Å². The summed E-state index contributed by atoms with van der Waals surface area (Å²) in [4.78, 5) is 15.3. The van der Waals surface area contributed by atoms with Crippen molar-refractivity contribution in [3.05, 3.63) is 29.8 Å². The first-order valence-electron chi connectivity index (χ1n) is 6.63. The summed E-state index contributed by atoms with van der Waals surface area (Å²) in [5, 5.41) is 9.27. The molecule has 0 atom stereocenters. The van der Waals surface area contributed by atoms with Crippen LogP contribution in [0.5, 0.6) is 0 Å². The van der Waals surface area contributed by atoms with E-state index in [1.54, 1.807) is 0 Å². The van der Waals surface area contributed by atoms with E-state index in [1.807, 2.05) is 24.3 Å². The van der Waals surface area contributed by atoms with Crippen LogP contribution in [-0.2, 0) is 11.2 Å². The average molecular weight is 260 g/mol. The van der Waals surface area contributed by atoms with Gasteiger partial charge in [-0.15, -0.1) is 0 Å². The second kappa shape index (κ2) is 6.78. The van der Waals surface area contributed by atoms with Gasteiger partial charge in [-0.05, 0) is 30.5 Å². The molecule has 0 aliphatic carbocycles. The Morgan fingerprint density at radius 1 is 1.37 bits per heavy atom. The number of hydrogen-bond acceptors (Lipinski definition) is 4. The summed E-state index contributed by atoms with van der Waals surface area (Å²) < 4.78 is 0. The fourth-order valence-electron chi connectivity index (χ4n) is 1.93. The van der Waals surface area contributed by atoms with Crippen LogP contribution in [0.25, 0.3) is 0 Å². The molecule has 1 aliphatic heterocycles. The molecule has 2 rings (SSSR count). The minimum atomic E-state index is -0.0456. The summed E-state index contributed by atoms with van der Waals surface area (Å²) in [6, 6.07) is 7.91. The Morgan fingerprint density at radius 2 is 2.16 bits per heavy atom. The number of aliphatic imine (C=N–C) groups is 1. The first kappa shape index (κ1) is 13.4. The highest BCUT2D eigenvalue weighted by Crippen LogP contribution is 2.09. The van der Waals surface area contributed by atoms with Crippen LogP contribution in [0.2, 0.25) is 0 Å². The van der Waals surface area contributed by atoms with Gasteiger partial charge in [-0.3, -0.25) is 9.79 Å². The lowest BCUT2D eigenvalue weighted by atomic mass is 10.1. The molecular weight excluding hydrogens is 240 g/mol. The minimum absolute atomic E-state index is 0.0456. The predicted molar refractivity (Wildman–Crippen MR) is 77.4 cm³/mol. The number of carbonyl (C=O) groups excluding carboxylic acids is 1. The maximum absolute atomic E-state index is 10.9. The van der Waals surface area contributed by atoms with Gasteiger partial charge in [-0.25, -0.2) is 0 Å². The molecule has 1 aromatic carbocycles. The first-order valence-corrected chi connectivity index (χ1v) is 6.63. The molecule has 0 spiro atoms. The number of rotatable bonds is 4. The van der Waals surface area contributed by atoms with Crippen molar-refractivity contribution in [1.29, 1.82) is 0 Å². The normalized spacial score (nSPS) is 14.3. The van der Waals surface area contributed by atoms with E-state index in [-0.39, 0.29) is 5.91 Å². The smallest absolute Gasteiger partial charge is 0.221 e. The van der Waals surface area contributed by atoms with Gasteiger partial charge in [0.15, 0.2) is 5.96 Å². The monoisotopic (exact) mass is 260 g/mol. The number of nitrogens with zero attached hydrogens (tertiary/aromatic N) is 1. The van der Waals surface area contributed by atoms with Gasteiger partial charge in [0.05, 0.1) is 0 Å². The molecule has 102 valence electrons. The number of anilines is 1. The SMILES string of the molecule is CC(=O)Nc1ccc(CCNC2=NCCCN2)cc1. The molecule has 0 saturated heterocycles. The lowest BCUT2D eigenvalue weighted by molar-refractivity contribution is -0.114. The number of benzene rings is 1. The van der Waals surface area contributed by atoms with E-state index in [0.717, 1.165) is 44.1 Å². The third-order valence-electron chi connectivity index (χ3n) is 2.88. The zero-order chi connectivity index (χ0) is 13.5. The van der Waals surface area contributed by atoms with E-state index in [4.69, 9.17) is 0 Å². The minimum Gasteiger partial charge on any atom is -0.356 e. The lowest BCUT2D eigenvalue weighted by Crippen LogP contribution is -2.41. The highest BCUT2D eigenvalue weighted by Gasteiger charge is 2.02. The Labute approximate surface area is 113 Å². The van der Waals surface area contributed by atoms with Crippen molar-refractivity contribution in [2.45, 2.75) is 19.8 Å². The highest BCUT2D eigenvalue weighted by atomic mass is 16.1. The Hall–Kier alpha value is -2.04. The molecule has 0 unspecified atom stereocenters. The molecule has 0 fully saturated rings. The Kier molecular flexibility index (Phi) is 4.78. The topological polar surface area (TPSA) is 65.5 Å². The van der Waals surface area contributed by atoms with E-state index in [1.165, 1.54) is 12.5 Å². The van der Waals surface area contributed by atoms with E-state index < -0.39 is 0 Å². The second-order valence-corrected chi connectivity index (χ2v) is 4.57. The second-order valence-electron chi connectivity index (χ2n) is 4.57. The van der Waals surface area contributed by atoms with Gasteiger partial charge in [0.1, 0.15) is 0 Å². The van der Waals surface area contributed by atoms with Crippen molar-refractivity contribution in [2.24, 2.45) is 4.99 Å². The van der Waals surface area contributed by atoms with Crippen LogP contribution in [0.4, 0.5) is 5.69 Å². The fraction of sp³-hybridized carbons (Fsp3) is 0.429. The van der Waals surface area contributed by atoms with Crippen molar-refractivity contribution in [1.82, 2.24) is 10.6 Å². The van der Waals surface area contributed by atoms with E-state index >= 15 is 0 Å². The first-order chi connectivity index (χ1) is 9.24. The summed E-state index contributed by atoms with van der Waals surface area (Å²) in [6.07, 6.45) is 2.04. The van der Waals surface area contributed by atoms with Gasteiger partial charge in [0.2, 0.25) is 5.91 Å². The van der Waals surface area contributed by atoms with Crippen LogP contribution in [-0.4, -0.2) is 31.5 Å². The molecule has 0 bridgehead atoms. The number of nitrogens with one attached hydrogen (secondary N) is 3. The molecule has 0 saturated carbocycles. The van der Waals surface area contributed by atoms with Crippen LogP contribution in [0.3, 0.4) is 0 Å². The summed E-state index contributed by atoms with van der Waals surface area (Å²) in [5.74, 6) is 0.858. The molecule has 3 N–H and O–H groups in total. The number of amides is 1. The third kappa shape index (κ3) is 4.62.